The van der Waals surface area contributed by atoms with Gasteiger partial charge in [-0.1, -0.05) is 12.1 Å². The van der Waals surface area contributed by atoms with E-state index in [-0.39, 0.29) is 36.4 Å². The summed E-state index contributed by atoms with van der Waals surface area (Å²) in [5, 5.41) is 5.53. The standard InChI is InChI=1S/C22H25FN2O5/c1-2-29-22(28)30-19-10-8-17(9-11-19)21(27)25-14-4-13-24-20(26)12-7-16-5-3-6-18(23)15-16/h3,5-6,8-11,15H,2,4,7,12-14H2,1H3,(H,24,26)(H,25,27). The van der Waals surface area contributed by atoms with Crippen LogP contribution in [-0.2, 0) is 16.0 Å². The van der Waals surface area contributed by atoms with Gasteiger partial charge < -0.3 is 20.1 Å². The highest BCUT2D eigenvalue weighted by atomic mass is 19.1. The van der Waals surface area contributed by atoms with Crippen molar-refractivity contribution >= 4 is 18.0 Å². The highest BCUT2D eigenvalue weighted by Gasteiger charge is 2.08. The number of aryl methyl sites for hydroxylation is 1. The van der Waals surface area contributed by atoms with Gasteiger partial charge in [0.2, 0.25) is 5.91 Å². The molecule has 8 heteroatoms. The molecule has 0 saturated heterocycles. The number of ether oxygens (including phenoxy) is 2. The fourth-order valence-electron chi connectivity index (χ4n) is 2.58. The van der Waals surface area contributed by atoms with Crippen LogP contribution in [0.2, 0.25) is 0 Å². The quantitative estimate of drug-likeness (QED) is 0.352. The van der Waals surface area contributed by atoms with Gasteiger partial charge in [-0.3, -0.25) is 9.59 Å². The molecule has 2 aromatic carbocycles. The zero-order valence-electron chi connectivity index (χ0n) is 16.8. The van der Waals surface area contributed by atoms with Crippen molar-refractivity contribution in [3.63, 3.8) is 0 Å². The Morgan fingerprint density at radius 2 is 1.73 bits per heavy atom. The first-order valence-electron chi connectivity index (χ1n) is 9.72. The summed E-state index contributed by atoms with van der Waals surface area (Å²) in [6.07, 6.45) is 0.515. The number of carbonyl (C=O) groups is 3. The maximum atomic E-state index is 13.1. The molecule has 0 aliphatic heterocycles. The molecule has 0 bridgehead atoms. The maximum Gasteiger partial charge on any atom is 0.513 e. The third kappa shape index (κ3) is 8.30. The van der Waals surface area contributed by atoms with Gasteiger partial charge in [0, 0.05) is 25.1 Å². The van der Waals surface area contributed by atoms with Crippen LogP contribution in [0, 0.1) is 5.82 Å². The van der Waals surface area contributed by atoms with E-state index >= 15 is 0 Å². The lowest BCUT2D eigenvalue weighted by atomic mass is 10.1. The molecule has 2 N–H and O–H groups in total. The van der Waals surface area contributed by atoms with E-state index in [9.17, 15) is 18.8 Å². The number of hydrogen-bond acceptors (Lipinski definition) is 5. The van der Waals surface area contributed by atoms with E-state index in [0.717, 1.165) is 5.56 Å². The zero-order chi connectivity index (χ0) is 21.8. The number of carbonyl (C=O) groups excluding carboxylic acids is 3. The zero-order valence-corrected chi connectivity index (χ0v) is 16.8. The van der Waals surface area contributed by atoms with Crippen molar-refractivity contribution in [2.24, 2.45) is 0 Å². The Morgan fingerprint density at radius 1 is 1.00 bits per heavy atom. The largest absolute Gasteiger partial charge is 0.513 e. The van der Waals surface area contributed by atoms with Gasteiger partial charge in [-0.2, -0.15) is 0 Å². The lowest BCUT2D eigenvalue weighted by Crippen LogP contribution is -2.30. The Morgan fingerprint density at radius 3 is 2.43 bits per heavy atom. The number of benzene rings is 2. The molecule has 2 amide bonds. The van der Waals surface area contributed by atoms with Crippen LogP contribution >= 0.6 is 0 Å². The van der Waals surface area contributed by atoms with Crippen molar-refractivity contribution in [2.45, 2.75) is 26.2 Å². The van der Waals surface area contributed by atoms with Gasteiger partial charge in [0.15, 0.2) is 0 Å². The van der Waals surface area contributed by atoms with Gasteiger partial charge in [-0.25, -0.2) is 9.18 Å². The number of amides is 2. The minimum atomic E-state index is -0.798. The Labute approximate surface area is 174 Å². The first-order chi connectivity index (χ1) is 14.5. The van der Waals surface area contributed by atoms with E-state index in [1.807, 2.05) is 0 Å². The number of rotatable bonds is 10. The molecule has 2 rings (SSSR count). The summed E-state index contributed by atoms with van der Waals surface area (Å²) >= 11 is 0. The molecule has 0 atom stereocenters. The molecule has 0 aliphatic carbocycles. The number of hydrogen-bond donors (Lipinski definition) is 2. The molecule has 0 spiro atoms. The molecule has 0 radical (unpaired) electrons. The number of halogens is 1. The minimum absolute atomic E-state index is 0.122. The van der Waals surface area contributed by atoms with Gasteiger partial charge >= 0.3 is 6.16 Å². The SMILES string of the molecule is CCOC(=O)Oc1ccc(C(=O)NCCCNC(=O)CCc2cccc(F)c2)cc1. The van der Waals surface area contributed by atoms with Gasteiger partial charge in [-0.05, 0) is 61.7 Å². The Bertz CT molecular complexity index is 855. The van der Waals surface area contributed by atoms with E-state index in [1.165, 1.54) is 36.4 Å². The molecule has 2 aromatic rings. The molecule has 160 valence electrons. The van der Waals surface area contributed by atoms with E-state index in [2.05, 4.69) is 15.4 Å². The molecule has 0 saturated carbocycles. The lowest BCUT2D eigenvalue weighted by molar-refractivity contribution is -0.121. The second kappa shape index (κ2) is 12.2. The summed E-state index contributed by atoms with van der Waals surface area (Å²) < 4.78 is 22.7. The summed E-state index contributed by atoms with van der Waals surface area (Å²) in [7, 11) is 0. The van der Waals surface area contributed by atoms with Crippen LogP contribution in [0.4, 0.5) is 9.18 Å². The summed E-state index contributed by atoms with van der Waals surface area (Å²) in [6, 6.07) is 12.3. The predicted molar refractivity (Wildman–Crippen MR) is 109 cm³/mol. The van der Waals surface area contributed by atoms with Crippen molar-refractivity contribution in [3.8, 4) is 5.75 Å². The number of nitrogens with one attached hydrogen (secondary N) is 2. The van der Waals surface area contributed by atoms with Gasteiger partial charge in [0.25, 0.3) is 5.91 Å². The van der Waals surface area contributed by atoms with Crippen LogP contribution in [0.1, 0.15) is 35.7 Å². The van der Waals surface area contributed by atoms with E-state index in [0.29, 0.717) is 31.5 Å². The normalized spacial score (nSPS) is 10.2. The summed E-state index contributed by atoms with van der Waals surface area (Å²) in [5.74, 6) is -0.423. The monoisotopic (exact) mass is 416 g/mol. The Balaban J connectivity index is 1.61. The van der Waals surface area contributed by atoms with Gasteiger partial charge in [0.1, 0.15) is 11.6 Å². The molecule has 0 aliphatic rings. The first kappa shape index (κ1) is 22.9. The van der Waals surface area contributed by atoms with Crippen molar-refractivity contribution in [2.75, 3.05) is 19.7 Å². The van der Waals surface area contributed by atoms with Crippen LogP contribution in [0.3, 0.4) is 0 Å². The second-order valence-electron chi connectivity index (χ2n) is 6.40. The Kier molecular flexibility index (Phi) is 9.30. The summed E-state index contributed by atoms with van der Waals surface area (Å²) in [5.41, 5.74) is 1.20. The molecule has 30 heavy (non-hydrogen) atoms. The maximum absolute atomic E-state index is 13.1. The van der Waals surface area contributed by atoms with E-state index in [4.69, 9.17) is 4.74 Å². The third-order valence-corrected chi connectivity index (χ3v) is 4.07. The van der Waals surface area contributed by atoms with Crippen molar-refractivity contribution in [1.29, 1.82) is 0 Å². The van der Waals surface area contributed by atoms with E-state index < -0.39 is 6.16 Å². The molecule has 0 aromatic heterocycles. The summed E-state index contributed by atoms with van der Waals surface area (Å²) in [6.45, 7) is 2.71. The molecular formula is C22H25FN2O5. The fraction of sp³-hybridized carbons (Fsp3) is 0.318. The smallest absolute Gasteiger partial charge is 0.434 e. The van der Waals surface area contributed by atoms with Crippen molar-refractivity contribution in [3.05, 3.63) is 65.5 Å². The van der Waals surface area contributed by atoms with E-state index in [1.54, 1.807) is 19.1 Å². The summed E-state index contributed by atoms with van der Waals surface area (Å²) in [4.78, 5) is 35.2. The molecule has 0 fully saturated rings. The van der Waals surface area contributed by atoms with Crippen LogP contribution in [0.5, 0.6) is 5.75 Å². The molecular weight excluding hydrogens is 391 g/mol. The van der Waals surface area contributed by atoms with Crippen LogP contribution in [0.25, 0.3) is 0 Å². The van der Waals surface area contributed by atoms with Gasteiger partial charge in [-0.15, -0.1) is 0 Å². The van der Waals surface area contributed by atoms with Crippen LogP contribution < -0.4 is 15.4 Å². The molecule has 0 heterocycles. The van der Waals surface area contributed by atoms with Gasteiger partial charge in [0.05, 0.1) is 6.61 Å². The fourth-order valence-corrected chi connectivity index (χ4v) is 2.58. The predicted octanol–water partition coefficient (Wildman–Crippen LogP) is 3.23. The third-order valence-electron chi connectivity index (χ3n) is 4.07. The minimum Gasteiger partial charge on any atom is -0.434 e. The van der Waals surface area contributed by atoms with Crippen molar-refractivity contribution in [1.82, 2.24) is 10.6 Å². The van der Waals surface area contributed by atoms with Crippen LogP contribution in [0.15, 0.2) is 48.5 Å². The average Bonchev–Trinajstić information content (AvgIpc) is 2.72. The lowest BCUT2D eigenvalue weighted by Gasteiger charge is -2.08. The molecule has 7 nitrogen and oxygen atoms in total. The first-order valence-corrected chi connectivity index (χ1v) is 9.72. The highest BCUT2D eigenvalue weighted by Crippen LogP contribution is 2.13. The topological polar surface area (TPSA) is 93.7 Å². The van der Waals surface area contributed by atoms with Crippen LogP contribution in [-0.4, -0.2) is 37.7 Å². The van der Waals surface area contributed by atoms with Crippen molar-refractivity contribution < 1.29 is 28.2 Å². The highest BCUT2D eigenvalue weighted by molar-refractivity contribution is 5.94. The second-order valence-corrected chi connectivity index (χ2v) is 6.40. The average molecular weight is 416 g/mol. The Hall–Kier alpha value is -3.42. The molecule has 0 unspecified atom stereocenters.